The summed E-state index contributed by atoms with van der Waals surface area (Å²) < 4.78 is 5.15. The monoisotopic (exact) mass is 436 g/mol. The number of Topliss-reactive ketones (excluding diaryl/α,β-unsaturated/α-hetero) is 1. The highest BCUT2D eigenvalue weighted by atomic mass is 32.1. The van der Waals surface area contributed by atoms with Crippen molar-refractivity contribution in [3.05, 3.63) is 74.9 Å². The van der Waals surface area contributed by atoms with Gasteiger partial charge in [-0.05, 0) is 36.6 Å². The predicted molar refractivity (Wildman–Crippen MR) is 120 cm³/mol. The summed E-state index contributed by atoms with van der Waals surface area (Å²) in [5, 5.41) is 13.6. The Morgan fingerprint density at radius 2 is 1.94 bits per heavy atom. The lowest BCUT2D eigenvalue weighted by molar-refractivity contribution is -0.129. The molecule has 0 aliphatic carbocycles. The summed E-state index contributed by atoms with van der Waals surface area (Å²) >= 11 is 1.28. The molecule has 1 N–H and O–H groups in total. The first-order valence-electron chi connectivity index (χ1n) is 10.1. The predicted octanol–water partition coefficient (Wildman–Crippen LogP) is 4.53. The lowest BCUT2D eigenvalue weighted by atomic mass is 9.91. The molecule has 6 nitrogen and oxygen atoms in total. The van der Waals surface area contributed by atoms with E-state index in [0.717, 1.165) is 21.3 Å². The van der Waals surface area contributed by atoms with E-state index in [2.05, 4.69) is 4.98 Å². The molecule has 0 spiro atoms. The summed E-state index contributed by atoms with van der Waals surface area (Å²) in [5.41, 5.74) is 1.54. The standard InChI is InChI=1S/C24H24N2O4S/c1-14-23(31-15(2)25-14)21(27)19-20(26(12-7-13-30-3)24(29)22(19)28)18-11-6-9-16-8-4-5-10-17(16)18/h4-6,8-11,20,28H,7,12-13H2,1-3H3. The van der Waals surface area contributed by atoms with Gasteiger partial charge < -0.3 is 14.7 Å². The lowest BCUT2D eigenvalue weighted by Crippen LogP contribution is -2.32. The van der Waals surface area contributed by atoms with Crippen LogP contribution in [0.4, 0.5) is 0 Å². The van der Waals surface area contributed by atoms with Crippen LogP contribution >= 0.6 is 11.3 Å². The Kier molecular flexibility index (Phi) is 5.89. The molecule has 3 aromatic rings. The average molecular weight is 437 g/mol. The minimum Gasteiger partial charge on any atom is -0.503 e. The number of amides is 1. The third kappa shape index (κ3) is 3.75. The number of aliphatic hydroxyl groups is 1. The molecule has 1 aliphatic heterocycles. The van der Waals surface area contributed by atoms with Gasteiger partial charge in [0.1, 0.15) is 0 Å². The Labute approximate surface area is 184 Å². The number of benzene rings is 2. The molecule has 0 saturated carbocycles. The summed E-state index contributed by atoms with van der Waals surface area (Å²) in [4.78, 5) is 33.0. The second-order valence-electron chi connectivity index (χ2n) is 7.55. The first kappa shape index (κ1) is 21.2. The van der Waals surface area contributed by atoms with Gasteiger partial charge in [0.2, 0.25) is 5.78 Å². The van der Waals surface area contributed by atoms with E-state index in [4.69, 9.17) is 4.74 Å². The van der Waals surface area contributed by atoms with Gasteiger partial charge in [-0.2, -0.15) is 0 Å². The lowest BCUT2D eigenvalue weighted by Gasteiger charge is -2.27. The molecule has 31 heavy (non-hydrogen) atoms. The van der Waals surface area contributed by atoms with Crippen LogP contribution in [0.1, 0.15) is 38.4 Å². The number of carbonyl (C=O) groups is 2. The van der Waals surface area contributed by atoms with Crippen LogP contribution in [0.15, 0.2) is 53.8 Å². The molecule has 7 heteroatoms. The average Bonchev–Trinajstić information content (AvgIpc) is 3.23. The number of carbonyl (C=O) groups excluding carboxylic acids is 2. The molecule has 4 rings (SSSR count). The van der Waals surface area contributed by atoms with E-state index in [-0.39, 0.29) is 11.4 Å². The van der Waals surface area contributed by atoms with Gasteiger partial charge in [-0.1, -0.05) is 42.5 Å². The van der Waals surface area contributed by atoms with Gasteiger partial charge in [0, 0.05) is 20.3 Å². The molecule has 160 valence electrons. The molecule has 1 atom stereocenters. The maximum atomic E-state index is 13.6. The minimum absolute atomic E-state index is 0.116. The van der Waals surface area contributed by atoms with Crippen molar-refractivity contribution in [1.29, 1.82) is 0 Å². The zero-order valence-electron chi connectivity index (χ0n) is 17.7. The number of aromatic nitrogens is 1. The quantitative estimate of drug-likeness (QED) is 0.435. The fourth-order valence-corrected chi connectivity index (χ4v) is 5.05. The van der Waals surface area contributed by atoms with E-state index >= 15 is 0 Å². The van der Waals surface area contributed by atoms with Crippen molar-refractivity contribution in [2.24, 2.45) is 0 Å². The van der Waals surface area contributed by atoms with E-state index in [0.29, 0.717) is 30.1 Å². The van der Waals surface area contributed by atoms with Gasteiger partial charge in [0.15, 0.2) is 5.76 Å². The zero-order valence-corrected chi connectivity index (χ0v) is 18.5. The van der Waals surface area contributed by atoms with Crippen molar-refractivity contribution in [3.8, 4) is 0 Å². The molecule has 1 unspecified atom stereocenters. The van der Waals surface area contributed by atoms with Crippen LogP contribution < -0.4 is 0 Å². The van der Waals surface area contributed by atoms with Crippen molar-refractivity contribution in [2.45, 2.75) is 26.3 Å². The number of fused-ring (bicyclic) bond motifs is 1. The topological polar surface area (TPSA) is 79.7 Å². The molecule has 2 aromatic carbocycles. The zero-order chi connectivity index (χ0) is 22.1. The van der Waals surface area contributed by atoms with E-state index in [1.165, 1.54) is 11.3 Å². The van der Waals surface area contributed by atoms with Gasteiger partial charge in [0.05, 0.1) is 27.2 Å². The highest BCUT2D eigenvalue weighted by Crippen LogP contribution is 2.42. The number of ether oxygens (including phenoxy) is 1. The van der Waals surface area contributed by atoms with E-state index in [1.54, 1.807) is 18.9 Å². The fraction of sp³-hybridized carbons (Fsp3) is 0.292. The van der Waals surface area contributed by atoms with Gasteiger partial charge in [0.25, 0.3) is 5.91 Å². The van der Waals surface area contributed by atoms with Gasteiger partial charge >= 0.3 is 0 Å². The first-order chi connectivity index (χ1) is 14.9. The van der Waals surface area contributed by atoms with Crippen molar-refractivity contribution in [3.63, 3.8) is 0 Å². The summed E-state index contributed by atoms with van der Waals surface area (Å²) in [6.45, 7) is 4.45. The normalized spacial score (nSPS) is 16.5. The smallest absolute Gasteiger partial charge is 0.290 e. The Hall–Kier alpha value is -3.03. The third-order valence-corrected chi connectivity index (χ3v) is 6.60. The maximum absolute atomic E-state index is 13.6. The highest BCUT2D eigenvalue weighted by Gasteiger charge is 2.44. The number of thiazole rings is 1. The molecule has 1 aromatic heterocycles. The summed E-state index contributed by atoms with van der Waals surface area (Å²) in [6.07, 6.45) is 0.594. The van der Waals surface area contributed by atoms with Crippen molar-refractivity contribution in [2.75, 3.05) is 20.3 Å². The van der Waals surface area contributed by atoms with Crippen LogP contribution in [0.5, 0.6) is 0 Å². The molecule has 1 aliphatic rings. The molecule has 0 saturated heterocycles. The number of hydrogen-bond acceptors (Lipinski definition) is 6. The molecule has 0 radical (unpaired) electrons. The largest absolute Gasteiger partial charge is 0.503 e. The minimum atomic E-state index is -0.676. The number of hydrogen-bond donors (Lipinski definition) is 1. The van der Waals surface area contributed by atoms with Crippen LogP contribution in [0.25, 0.3) is 10.8 Å². The van der Waals surface area contributed by atoms with E-state index < -0.39 is 17.7 Å². The van der Waals surface area contributed by atoms with Gasteiger partial charge in [-0.25, -0.2) is 4.98 Å². The van der Waals surface area contributed by atoms with E-state index in [9.17, 15) is 14.7 Å². The summed E-state index contributed by atoms with van der Waals surface area (Å²) in [7, 11) is 1.60. The van der Waals surface area contributed by atoms with Crippen molar-refractivity contribution >= 4 is 33.8 Å². The van der Waals surface area contributed by atoms with Crippen molar-refractivity contribution in [1.82, 2.24) is 9.88 Å². The Morgan fingerprint density at radius 3 is 2.65 bits per heavy atom. The summed E-state index contributed by atoms with van der Waals surface area (Å²) in [6, 6.07) is 13.0. The summed E-state index contributed by atoms with van der Waals surface area (Å²) in [5.74, 6) is -1.36. The number of nitrogens with zero attached hydrogens (tertiary/aromatic N) is 2. The Balaban J connectivity index is 1.87. The maximum Gasteiger partial charge on any atom is 0.290 e. The molecular formula is C24H24N2O4S. The Bertz CT molecular complexity index is 1190. The van der Waals surface area contributed by atoms with Crippen LogP contribution in [-0.4, -0.2) is 46.9 Å². The SMILES string of the molecule is COCCCN1C(=O)C(O)=C(C(=O)c2sc(C)nc2C)C1c1cccc2ccccc12. The Morgan fingerprint density at radius 1 is 1.19 bits per heavy atom. The molecular weight excluding hydrogens is 412 g/mol. The first-order valence-corrected chi connectivity index (χ1v) is 10.9. The molecule has 0 bridgehead atoms. The van der Waals surface area contributed by atoms with Crippen molar-refractivity contribution < 1.29 is 19.4 Å². The third-order valence-electron chi connectivity index (χ3n) is 5.52. The number of rotatable bonds is 7. The van der Waals surface area contributed by atoms with Crippen LogP contribution in [0, 0.1) is 13.8 Å². The van der Waals surface area contributed by atoms with Crippen LogP contribution in [0.3, 0.4) is 0 Å². The molecule has 1 amide bonds. The highest BCUT2D eigenvalue weighted by molar-refractivity contribution is 7.14. The number of aliphatic hydroxyl groups excluding tert-OH is 1. The van der Waals surface area contributed by atoms with Crippen LogP contribution in [0.2, 0.25) is 0 Å². The second kappa shape index (κ2) is 8.61. The van der Waals surface area contributed by atoms with Crippen LogP contribution in [-0.2, 0) is 9.53 Å². The van der Waals surface area contributed by atoms with Gasteiger partial charge in [-0.15, -0.1) is 11.3 Å². The van der Waals surface area contributed by atoms with E-state index in [1.807, 2.05) is 49.4 Å². The number of aryl methyl sites for hydroxylation is 2. The molecule has 0 fully saturated rings. The second-order valence-corrected chi connectivity index (χ2v) is 8.76. The fourth-order valence-electron chi connectivity index (χ4n) is 4.17. The molecule has 2 heterocycles. The number of methoxy groups -OCH3 is 1. The van der Waals surface area contributed by atoms with Gasteiger partial charge in [-0.3, -0.25) is 9.59 Å². The number of ketones is 1.